The molecule has 0 saturated carbocycles. The van der Waals surface area contributed by atoms with Crippen molar-refractivity contribution in [2.45, 2.75) is 46.0 Å². The first-order chi connectivity index (χ1) is 14.7. The number of hydrogen-bond donors (Lipinski definition) is 0. The number of rotatable bonds is 4. The van der Waals surface area contributed by atoms with Crippen LogP contribution in [0.15, 0.2) is 22.7 Å². The third-order valence-electron chi connectivity index (χ3n) is 5.45. The van der Waals surface area contributed by atoms with Crippen molar-refractivity contribution < 1.29 is 27.9 Å². The highest BCUT2D eigenvalue weighted by Gasteiger charge is 2.43. The zero-order chi connectivity index (χ0) is 22.2. The number of nitrogens with zero attached hydrogens (tertiary/aromatic N) is 3. The minimum atomic E-state index is -0.536. The highest BCUT2D eigenvalue weighted by molar-refractivity contribution is 5.68. The summed E-state index contributed by atoms with van der Waals surface area (Å²) in [5.74, 6) is 0.400. The molecule has 1 aromatic carbocycles. The van der Waals surface area contributed by atoms with Gasteiger partial charge >= 0.3 is 6.09 Å². The van der Waals surface area contributed by atoms with E-state index in [9.17, 15) is 9.18 Å². The molecule has 0 radical (unpaired) electrons. The number of hydrogen-bond acceptors (Lipinski definition) is 7. The van der Waals surface area contributed by atoms with E-state index in [1.165, 1.54) is 6.07 Å². The van der Waals surface area contributed by atoms with Gasteiger partial charge in [-0.15, -0.1) is 0 Å². The number of fused-ring (bicyclic) bond motifs is 2. The maximum atomic E-state index is 13.8. The average molecular weight is 433 g/mol. The van der Waals surface area contributed by atoms with Crippen LogP contribution in [-0.2, 0) is 20.8 Å². The number of likely N-dealkylation sites (tertiary alicyclic amines) is 1. The van der Waals surface area contributed by atoms with Crippen molar-refractivity contribution in [3.05, 3.63) is 35.5 Å². The number of carbonyl (C=O) groups excluding carboxylic acids is 1. The maximum absolute atomic E-state index is 13.8. The number of aromatic nitrogens is 2. The van der Waals surface area contributed by atoms with Gasteiger partial charge in [-0.1, -0.05) is 17.3 Å². The number of carbonyl (C=O) groups is 1. The van der Waals surface area contributed by atoms with Gasteiger partial charge in [0.2, 0.25) is 5.82 Å². The van der Waals surface area contributed by atoms with Crippen molar-refractivity contribution in [2.75, 3.05) is 26.3 Å². The second-order valence-electron chi connectivity index (χ2n) is 9.19. The summed E-state index contributed by atoms with van der Waals surface area (Å²) >= 11 is 0. The fourth-order valence-corrected chi connectivity index (χ4v) is 3.98. The van der Waals surface area contributed by atoms with Gasteiger partial charge in [0.05, 0.1) is 19.3 Å². The maximum Gasteiger partial charge on any atom is 0.410 e. The number of halogens is 1. The lowest BCUT2D eigenvalue weighted by molar-refractivity contribution is -0.154. The van der Waals surface area contributed by atoms with E-state index in [0.717, 1.165) is 0 Å². The molecular formula is C22H28FN3O5. The number of ether oxygens (including phenoxy) is 3. The predicted octanol–water partition coefficient (Wildman–Crippen LogP) is 3.58. The molecule has 0 spiro atoms. The topological polar surface area (TPSA) is 86.9 Å². The first-order valence-corrected chi connectivity index (χ1v) is 10.5. The summed E-state index contributed by atoms with van der Waals surface area (Å²) < 4.78 is 36.4. The molecule has 168 valence electrons. The Kier molecular flexibility index (Phi) is 5.98. The summed E-state index contributed by atoms with van der Waals surface area (Å²) in [5.41, 5.74) is 0.572. The van der Waals surface area contributed by atoms with Gasteiger partial charge < -0.3 is 23.6 Å². The van der Waals surface area contributed by atoms with Gasteiger partial charge in [0.15, 0.2) is 0 Å². The Morgan fingerprint density at radius 2 is 1.97 bits per heavy atom. The van der Waals surface area contributed by atoms with Crippen LogP contribution < -0.4 is 0 Å². The Labute approximate surface area is 180 Å². The zero-order valence-electron chi connectivity index (χ0n) is 18.3. The number of piperidine rings is 1. The molecule has 2 unspecified atom stereocenters. The van der Waals surface area contributed by atoms with Crippen LogP contribution in [0.3, 0.4) is 0 Å². The molecule has 0 N–H and O–H groups in total. The third kappa shape index (κ3) is 5.04. The van der Waals surface area contributed by atoms with E-state index in [-0.39, 0.29) is 36.5 Å². The molecule has 8 nitrogen and oxygen atoms in total. The molecule has 0 aliphatic carbocycles. The molecule has 2 aliphatic rings. The smallest absolute Gasteiger partial charge is 0.410 e. The average Bonchev–Trinajstić information content (AvgIpc) is 3.15. The third-order valence-corrected chi connectivity index (χ3v) is 5.45. The van der Waals surface area contributed by atoms with Gasteiger partial charge in [0.25, 0.3) is 5.89 Å². The van der Waals surface area contributed by atoms with Crippen LogP contribution in [0.2, 0.25) is 0 Å². The zero-order valence-corrected chi connectivity index (χ0v) is 18.3. The van der Waals surface area contributed by atoms with Crippen molar-refractivity contribution >= 4 is 6.09 Å². The van der Waals surface area contributed by atoms with Gasteiger partial charge in [-0.2, -0.15) is 4.98 Å². The molecule has 2 aromatic rings. The van der Waals surface area contributed by atoms with Gasteiger partial charge in [-0.25, -0.2) is 9.18 Å². The summed E-state index contributed by atoms with van der Waals surface area (Å²) in [6.07, 6.45) is -0.394. The van der Waals surface area contributed by atoms with Gasteiger partial charge in [-0.05, 0) is 39.3 Å². The van der Waals surface area contributed by atoms with E-state index >= 15 is 0 Å². The van der Waals surface area contributed by atoms with E-state index in [4.69, 9.17) is 18.7 Å². The molecule has 2 fully saturated rings. The lowest BCUT2D eigenvalue weighted by atomic mass is 9.84. The lowest BCUT2D eigenvalue weighted by Gasteiger charge is -2.46. The van der Waals surface area contributed by atoms with Crippen molar-refractivity contribution in [3.63, 3.8) is 0 Å². The van der Waals surface area contributed by atoms with Gasteiger partial charge in [0.1, 0.15) is 18.0 Å². The summed E-state index contributed by atoms with van der Waals surface area (Å²) in [6, 6.07) is 4.82. The molecule has 1 amide bonds. The Bertz CT molecular complexity index is 927. The van der Waals surface area contributed by atoms with Crippen LogP contribution in [0.1, 0.15) is 32.2 Å². The minimum Gasteiger partial charge on any atom is -0.444 e. The van der Waals surface area contributed by atoms with E-state index in [1.54, 1.807) is 24.0 Å². The van der Waals surface area contributed by atoms with E-state index in [2.05, 4.69) is 10.1 Å². The SMILES string of the molecule is Cc1ccc(-c2noc(COC3C4COCC3CN(C(=O)OC(C)(C)C)C4)n2)cc1F. The number of aryl methyl sites for hydroxylation is 1. The molecule has 2 atom stereocenters. The molecule has 2 bridgehead atoms. The van der Waals surface area contributed by atoms with E-state index < -0.39 is 5.60 Å². The van der Waals surface area contributed by atoms with Crippen molar-refractivity contribution in [1.29, 1.82) is 0 Å². The van der Waals surface area contributed by atoms with Crippen LogP contribution in [0.25, 0.3) is 11.4 Å². The van der Waals surface area contributed by atoms with Crippen molar-refractivity contribution in [1.82, 2.24) is 15.0 Å². The Hall–Kier alpha value is -2.52. The Morgan fingerprint density at radius 3 is 2.61 bits per heavy atom. The second-order valence-corrected chi connectivity index (χ2v) is 9.19. The lowest BCUT2D eigenvalue weighted by Crippen LogP contribution is -2.58. The van der Waals surface area contributed by atoms with E-state index in [1.807, 2.05) is 20.8 Å². The van der Waals surface area contributed by atoms with Crippen LogP contribution in [0.4, 0.5) is 9.18 Å². The summed E-state index contributed by atoms with van der Waals surface area (Å²) in [7, 11) is 0. The summed E-state index contributed by atoms with van der Waals surface area (Å²) in [6.45, 7) is 9.45. The van der Waals surface area contributed by atoms with Crippen molar-refractivity contribution in [3.8, 4) is 11.4 Å². The Morgan fingerprint density at radius 1 is 1.26 bits per heavy atom. The minimum absolute atomic E-state index is 0.0357. The molecule has 31 heavy (non-hydrogen) atoms. The highest BCUT2D eigenvalue weighted by Crippen LogP contribution is 2.32. The largest absolute Gasteiger partial charge is 0.444 e. The fraction of sp³-hybridized carbons (Fsp3) is 0.591. The van der Waals surface area contributed by atoms with E-state index in [0.29, 0.717) is 49.1 Å². The molecule has 9 heteroatoms. The van der Waals surface area contributed by atoms with Crippen LogP contribution >= 0.6 is 0 Å². The van der Waals surface area contributed by atoms with Crippen LogP contribution in [0.5, 0.6) is 0 Å². The standard InChI is InChI=1S/C22H28FN3O5/c1-13-5-6-14(7-17(13)23)20-24-18(31-25-20)12-29-19-15-8-26(9-16(19)11-28-10-15)21(27)30-22(2,3)4/h5-7,15-16,19H,8-12H2,1-4H3. The molecule has 2 aliphatic heterocycles. The highest BCUT2D eigenvalue weighted by atomic mass is 19.1. The molecule has 3 heterocycles. The second kappa shape index (κ2) is 8.55. The monoisotopic (exact) mass is 433 g/mol. The number of benzene rings is 1. The molecular weight excluding hydrogens is 405 g/mol. The number of amides is 1. The fourth-order valence-electron chi connectivity index (χ4n) is 3.98. The molecule has 1 aromatic heterocycles. The first-order valence-electron chi connectivity index (χ1n) is 10.5. The first kappa shape index (κ1) is 21.7. The quantitative estimate of drug-likeness (QED) is 0.728. The summed E-state index contributed by atoms with van der Waals surface area (Å²) in [4.78, 5) is 18.5. The van der Waals surface area contributed by atoms with Crippen LogP contribution in [0, 0.1) is 24.6 Å². The van der Waals surface area contributed by atoms with Gasteiger partial charge in [0, 0.05) is 30.5 Å². The molecule has 4 rings (SSSR count). The van der Waals surface area contributed by atoms with Crippen molar-refractivity contribution in [2.24, 2.45) is 11.8 Å². The van der Waals surface area contributed by atoms with Crippen LogP contribution in [-0.4, -0.2) is 59.1 Å². The summed E-state index contributed by atoms with van der Waals surface area (Å²) in [5, 5.41) is 3.94. The Balaban J connectivity index is 1.38. The molecule has 2 saturated heterocycles. The normalized spacial score (nSPS) is 23.6. The van der Waals surface area contributed by atoms with Gasteiger partial charge in [-0.3, -0.25) is 0 Å². The predicted molar refractivity (Wildman–Crippen MR) is 109 cm³/mol.